The molecule has 1 aromatic heterocycles. The smallest absolute Gasteiger partial charge is 0.200 e. The van der Waals surface area contributed by atoms with E-state index in [-0.39, 0.29) is 70.2 Å². The standard InChI is InChI=1S/C36H46N4O10S2/c1-35(46)12-4-7-20-23-28(48-19-5-2-3-6-19)24-26(43)21(13-17-8-10-18(40-47)11-9-17)27-22(42)14-36(15-41,39-34(37)38)16-51-52-31(33(44)45)25(30(24)49-27)29(23)50-32(20)35/h8-11,19-20,22,31-33,40-42,44-47H,2-7,12-16H2,1H3,(H4,37,38,39). The minimum absolute atomic E-state index is 0.00685. The van der Waals surface area contributed by atoms with E-state index in [1.54, 1.807) is 31.2 Å². The number of fused-ring (bicyclic) bond motifs is 5. The van der Waals surface area contributed by atoms with Gasteiger partial charge in [-0.2, -0.15) is 0 Å². The third-order valence-corrected chi connectivity index (χ3v) is 13.7. The van der Waals surface area contributed by atoms with Crippen LogP contribution in [0.25, 0.3) is 11.0 Å². The number of nitrogens with two attached hydrogens (primary N) is 2. The van der Waals surface area contributed by atoms with E-state index in [0.29, 0.717) is 41.8 Å². The monoisotopic (exact) mass is 758 g/mol. The first-order valence-electron chi connectivity index (χ1n) is 17.6. The zero-order valence-electron chi connectivity index (χ0n) is 28.8. The van der Waals surface area contributed by atoms with Crippen molar-refractivity contribution >= 4 is 44.2 Å². The molecule has 0 spiro atoms. The Kier molecular flexibility index (Phi) is 10.4. The molecule has 7 rings (SSSR count). The fourth-order valence-corrected chi connectivity index (χ4v) is 11.3. The van der Waals surface area contributed by atoms with E-state index in [1.165, 1.54) is 0 Å². The number of ether oxygens (including phenoxy) is 2. The van der Waals surface area contributed by atoms with E-state index in [1.807, 2.05) is 0 Å². The van der Waals surface area contributed by atoms with Crippen LogP contribution in [-0.4, -0.2) is 78.7 Å². The molecule has 52 heavy (non-hydrogen) atoms. The fraction of sp³-hybridized carbons (Fsp3) is 0.556. The molecule has 0 saturated heterocycles. The lowest BCUT2D eigenvalue weighted by Gasteiger charge is -2.37. The van der Waals surface area contributed by atoms with Crippen molar-refractivity contribution in [1.29, 1.82) is 0 Å². The highest BCUT2D eigenvalue weighted by Gasteiger charge is 2.53. The second kappa shape index (κ2) is 14.5. The third-order valence-electron chi connectivity index (χ3n) is 10.9. The lowest BCUT2D eigenvalue weighted by molar-refractivity contribution is -0.0734. The number of benzene rings is 2. The molecule has 2 aromatic carbocycles. The Morgan fingerprint density at radius 2 is 1.87 bits per heavy atom. The number of hydrogen-bond donors (Lipinski definition) is 9. The third kappa shape index (κ3) is 6.72. The molecule has 2 aliphatic carbocycles. The van der Waals surface area contributed by atoms with E-state index in [4.69, 9.17) is 25.4 Å². The molecule has 0 amide bonds. The molecule has 282 valence electrons. The molecule has 2 fully saturated rings. The van der Waals surface area contributed by atoms with Crippen LogP contribution in [0.4, 0.5) is 5.69 Å². The van der Waals surface area contributed by atoms with Crippen molar-refractivity contribution in [2.45, 2.75) is 112 Å². The Hall–Kier alpha value is -3.22. The summed E-state index contributed by atoms with van der Waals surface area (Å²) in [5, 5.41) is 64.7. The summed E-state index contributed by atoms with van der Waals surface area (Å²) >= 11 is 0. The number of aliphatic hydroxyl groups is 5. The van der Waals surface area contributed by atoms with Gasteiger partial charge in [0.2, 0.25) is 0 Å². The number of nitrogens with zero attached hydrogens (tertiary/aromatic N) is 1. The summed E-state index contributed by atoms with van der Waals surface area (Å²) in [6, 6.07) is 6.73. The van der Waals surface area contributed by atoms with Gasteiger partial charge in [0, 0.05) is 35.6 Å². The van der Waals surface area contributed by atoms with Gasteiger partial charge in [-0.15, -0.1) is 0 Å². The van der Waals surface area contributed by atoms with Crippen molar-refractivity contribution in [2.24, 2.45) is 16.5 Å². The van der Waals surface area contributed by atoms with Gasteiger partial charge in [0.25, 0.3) is 0 Å². The van der Waals surface area contributed by atoms with Crippen molar-refractivity contribution in [2.75, 3.05) is 17.8 Å². The lowest BCUT2D eigenvalue weighted by Crippen LogP contribution is -2.47. The first-order chi connectivity index (χ1) is 24.9. The van der Waals surface area contributed by atoms with E-state index in [0.717, 1.165) is 47.3 Å². The predicted octanol–water partition coefficient (Wildman–Crippen LogP) is 3.46. The first-order valence-corrected chi connectivity index (χ1v) is 20.0. The predicted molar refractivity (Wildman–Crippen MR) is 198 cm³/mol. The molecule has 3 aromatic rings. The van der Waals surface area contributed by atoms with Crippen LogP contribution in [0.5, 0.6) is 11.5 Å². The first kappa shape index (κ1) is 37.1. The number of rotatable bonds is 8. The Morgan fingerprint density at radius 1 is 1.13 bits per heavy atom. The second-order valence-corrected chi connectivity index (χ2v) is 17.2. The van der Waals surface area contributed by atoms with Crippen molar-refractivity contribution < 1.29 is 44.6 Å². The second-order valence-electron chi connectivity index (χ2n) is 14.7. The molecule has 6 atom stereocenters. The summed E-state index contributed by atoms with van der Waals surface area (Å²) in [5.74, 6) is -0.197. The van der Waals surface area contributed by atoms with Crippen LogP contribution in [0.1, 0.15) is 104 Å². The van der Waals surface area contributed by atoms with E-state index in [2.05, 4.69) is 10.5 Å². The summed E-state index contributed by atoms with van der Waals surface area (Å²) in [6.45, 7) is 1.15. The molecular formula is C36H46N4O10S2. The number of anilines is 1. The quantitative estimate of drug-likeness (QED) is 0.0525. The zero-order chi connectivity index (χ0) is 36.9. The average Bonchev–Trinajstić information content (AvgIpc) is 3.76. The summed E-state index contributed by atoms with van der Waals surface area (Å²) in [4.78, 5) is 19.6. The highest BCUT2D eigenvalue weighted by molar-refractivity contribution is 8.76. The molecule has 2 saturated carbocycles. The molecule has 3 heterocycles. The van der Waals surface area contributed by atoms with Crippen molar-refractivity contribution in [1.82, 2.24) is 0 Å². The molecule has 6 unspecified atom stereocenters. The van der Waals surface area contributed by atoms with Crippen molar-refractivity contribution in [3.8, 4) is 11.5 Å². The molecule has 2 aliphatic heterocycles. The Labute approximate surface area is 307 Å². The van der Waals surface area contributed by atoms with Crippen molar-refractivity contribution in [3.05, 3.63) is 62.5 Å². The number of hydrogen-bond acceptors (Lipinski definition) is 14. The minimum atomic E-state index is -1.98. The molecule has 11 N–H and O–H groups in total. The van der Waals surface area contributed by atoms with Gasteiger partial charge in [-0.1, -0.05) is 33.7 Å². The molecule has 16 heteroatoms. The molecule has 4 aliphatic rings. The maximum atomic E-state index is 15.3. The highest BCUT2D eigenvalue weighted by atomic mass is 33.1. The normalized spacial score (nSPS) is 29.0. The lowest BCUT2D eigenvalue weighted by atomic mass is 9.74. The average molecular weight is 759 g/mol. The highest BCUT2D eigenvalue weighted by Crippen LogP contribution is 2.60. The van der Waals surface area contributed by atoms with Gasteiger partial charge in [-0.25, -0.2) is 4.99 Å². The summed E-state index contributed by atoms with van der Waals surface area (Å²) in [7, 11) is 2.22. The summed E-state index contributed by atoms with van der Waals surface area (Å²) in [5.41, 5.74) is 12.6. The van der Waals surface area contributed by atoms with Crippen molar-refractivity contribution in [3.63, 3.8) is 0 Å². The molecular weight excluding hydrogens is 713 g/mol. The van der Waals surface area contributed by atoms with Crippen LogP contribution in [0.3, 0.4) is 0 Å². The van der Waals surface area contributed by atoms with Gasteiger partial charge >= 0.3 is 0 Å². The van der Waals surface area contributed by atoms with Crippen LogP contribution in [0.2, 0.25) is 0 Å². The number of aliphatic imine (C=N–C) groups is 1. The Morgan fingerprint density at radius 3 is 2.52 bits per heavy atom. The van der Waals surface area contributed by atoms with Gasteiger partial charge in [-0.3, -0.25) is 15.5 Å². The van der Waals surface area contributed by atoms with Gasteiger partial charge in [0.05, 0.1) is 34.8 Å². The zero-order valence-corrected chi connectivity index (χ0v) is 30.4. The van der Waals surface area contributed by atoms with Gasteiger partial charge in [0.1, 0.15) is 46.0 Å². The van der Waals surface area contributed by atoms with Crippen LogP contribution in [-0.2, 0) is 6.42 Å². The Bertz CT molecular complexity index is 1890. The Balaban J connectivity index is 1.56. The van der Waals surface area contributed by atoms with Crippen LogP contribution < -0.4 is 31.8 Å². The van der Waals surface area contributed by atoms with Gasteiger partial charge in [0.15, 0.2) is 17.7 Å². The maximum Gasteiger partial charge on any atom is 0.200 e. The molecule has 0 radical (unpaired) electrons. The van der Waals surface area contributed by atoms with Crippen LogP contribution >= 0.6 is 21.6 Å². The number of nitrogens with one attached hydrogen (secondary N) is 1. The summed E-state index contributed by atoms with van der Waals surface area (Å²) in [6.07, 6.45) is 0.692. The summed E-state index contributed by atoms with van der Waals surface area (Å²) < 4.78 is 20.2. The van der Waals surface area contributed by atoms with E-state index in [9.17, 15) is 30.7 Å². The minimum Gasteiger partial charge on any atom is -0.489 e. The topological polar surface area (TPSA) is 246 Å². The SMILES string of the molecule is CC1(O)CCCC2c3c(c4c5oc(c(Cc6ccc(NO)cc6)c(=O)c5c3OC3CCCC3)C(O)CC(CO)(N=C(N)N)CSSC4C(O)O)OC21. The van der Waals surface area contributed by atoms with Gasteiger partial charge in [-0.05, 0) is 69.6 Å². The molecule has 2 bridgehead atoms. The maximum absolute atomic E-state index is 15.3. The fourth-order valence-electron chi connectivity index (χ4n) is 8.34. The van der Waals surface area contributed by atoms with E-state index < -0.39 is 46.9 Å². The number of aliphatic hydroxyl groups excluding tert-OH is 3. The number of guanidine groups is 1. The van der Waals surface area contributed by atoms with Crippen LogP contribution in [0.15, 0.2) is 38.5 Å². The molecule has 14 nitrogen and oxygen atoms in total. The largest absolute Gasteiger partial charge is 0.489 e. The van der Waals surface area contributed by atoms with Crippen LogP contribution in [0, 0.1) is 0 Å². The van der Waals surface area contributed by atoms with Gasteiger partial charge < -0.3 is 50.9 Å². The van der Waals surface area contributed by atoms with E-state index >= 15 is 4.79 Å².